The van der Waals surface area contributed by atoms with Crippen LogP contribution in [0.5, 0.6) is 5.75 Å². The molecule has 64 valence electrons. The number of methoxy groups -OCH3 is 1. The van der Waals surface area contributed by atoms with E-state index in [1.165, 1.54) is 14.7 Å². The van der Waals surface area contributed by atoms with E-state index in [-0.39, 0.29) is 0 Å². The standard InChI is InChI=1S/C7H5IO.BH3O2/c1-9-7-3-4-5(7)2-6(4)8;2-1-3/h2-3H,1H3;1-3H. The van der Waals surface area contributed by atoms with Gasteiger partial charge in [0.1, 0.15) is 5.75 Å². The average molecular weight is 278 g/mol. The quantitative estimate of drug-likeness (QED) is 0.590. The highest BCUT2D eigenvalue weighted by Crippen LogP contribution is 2.46. The van der Waals surface area contributed by atoms with Gasteiger partial charge in [-0.1, -0.05) is 0 Å². The predicted octanol–water partition coefficient (Wildman–Crippen LogP) is 0.518. The van der Waals surface area contributed by atoms with Gasteiger partial charge in [0.05, 0.1) is 7.11 Å². The zero-order valence-corrected chi connectivity index (χ0v) is 8.70. The molecule has 0 aromatic carbocycles. The Kier molecular flexibility index (Phi) is 3.36. The minimum absolute atomic E-state index is 0.750. The SMILES string of the molecule is COc1cc2c(I)cc1-2.OBO. The first-order valence-electron chi connectivity index (χ1n) is 3.34. The van der Waals surface area contributed by atoms with E-state index in [4.69, 9.17) is 14.8 Å². The fourth-order valence-corrected chi connectivity index (χ4v) is 1.74. The van der Waals surface area contributed by atoms with Crippen LogP contribution in [-0.2, 0) is 0 Å². The predicted molar refractivity (Wildman–Crippen MR) is 56.3 cm³/mol. The van der Waals surface area contributed by atoms with E-state index in [0.717, 1.165) is 5.75 Å². The zero-order chi connectivity index (χ0) is 9.14. The van der Waals surface area contributed by atoms with Crippen LogP contribution in [0.1, 0.15) is 0 Å². The average Bonchev–Trinajstić information content (AvgIpc) is 2.02. The van der Waals surface area contributed by atoms with Crippen molar-refractivity contribution < 1.29 is 14.8 Å². The molecule has 0 aromatic rings. The number of fused-ring (bicyclic) bond motifs is 1. The Bertz CT molecular complexity index is 290. The molecule has 0 spiro atoms. The first-order chi connectivity index (χ1) is 5.74. The van der Waals surface area contributed by atoms with Crippen LogP contribution in [0, 0.1) is 3.57 Å². The molecule has 0 fully saturated rings. The fraction of sp³-hybridized carbons (Fsp3) is 0.143. The molecule has 2 N–H and O–H groups in total. The summed E-state index contributed by atoms with van der Waals surface area (Å²) in [5.41, 5.74) is 2.66. The van der Waals surface area contributed by atoms with Crippen molar-refractivity contribution in [1.29, 1.82) is 0 Å². The number of benzene rings is 1. The lowest BCUT2D eigenvalue weighted by Gasteiger charge is -2.21. The van der Waals surface area contributed by atoms with Crippen molar-refractivity contribution in [2.75, 3.05) is 7.11 Å². The minimum atomic E-state index is -0.750. The second-order valence-corrected chi connectivity index (χ2v) is 3.34. The Hall–Kier alpha value is -0.265. The molecule has 0 saturated carbocycles. The monoisotopic (exact) mass is 278 g/mol. The molecule has 0 aromatic heterocycles. The molecule has 2 aliphatic carbocycles. The number of ether oxygens (including phenoxy) is 1. The normalized spacial score (nSPS) is 9.67. The van der Waals surface area contributed by atoms with Gasteiger partial charge in [-0.15, -0.1) is 0 Å². The van der Waals surface area contributed by atoms with E-state index >= 15 is 0 Å². The Balaban J connectivity index is 0.000000213. The van der Waals surface area contributed by atoms with Crippen LogP contribution in [0.25, 0.3) is 11.1 Å². The maximum atomic E-state index is 7.12. The Morgan fingerprint density at radius 1 is 1.33 bits per heavy atom. The number of hydrogen-bond donors (Lipinski definition) is 2. The van der Waals surface area contributed by atoms with Crippen LogP contribution >= 0.6 is 22.6 Å². The second kappa shape index (κ2) is 4.11. The minimum Gasteiger partial charge on any atom is -0.496 e. The summed E-state index contributed by atoms with van der Waals surface area (Å²) in [4.78, 5) is 0. The molecule has 12 heavy (non-hydrogen) atoms. The molecule has 0 unspecified atom stereocenters. The van der Waals surface area contributed by atoms with Crippen molar-refractivity contribution in [1.82, 2.24) is 0 Å². The molecule has 0 bridgehead atoms. The van der Waals surface area contributed by atoms with Crippen LogP contribution in [0.4, 0.5) is 0 Å². The van der Waals surface area contributed by atoms with Gasteiger partial charge in [-0.3, -0.25) is 0 Å². The summed E-state index contributed by atoms with van der Waals surface area (Å²) in [6.07, 6.45) is 0. The highest BCUT2D eigenvalue weighted by Gasteiger charge is 2.21. The maximum absolute atomic E-state index is 7.12. The van der Waals surface area contributed by atoms with Crippen molar-refractivity contribution in [3.05, 3.63) is 15.7 Å². The number of halogens is 1. The van der Waals surface area contributed by atoms with Gasteiger partial charge in [0.25, 0.3) is 0 Å². The molecule has 0 aliphatic heterocycles. The van der Waals surface area contributed by atoms with Crippen LogP contribution in [0.2, 0.25) is 0 Å². The van der Waals surface area contributed by atoms with Crippen molar-refractivity contribution >= 4 is 30.3 Å². The molecule has 0 heterocycles. The molecule has 3 nitrogen and oxygen atoms in total. The third-order valence-corrected chi connectivity index (χ3v) is 2.47. The summed E-state index contributed by atoms with van der Waals surface area (Å²) in [6.45, 7) is 0. The van der Waals surface area contributed by atoms with Crippen molar-refractivity contribution in [2.45, 2.75) is 0 Å². The van der Waals surface area contributed by atoms with Gasteiger partial charge < -0.3 is 14.8 Å². The van der Waals surface area contributed by atoms with Gasteiger partial charge >= 0.3 is 7.69 Å². The second-order valence-electron chi connectivity index (χ2n) is 2.17. The largest absolute Gasteiger partial charge is 0.496 e. The Morgan fingerprint density at radius 3 is 2.17 bits per heavy atom. The van der Waals surface area contributed by atoms with Crippen molar-refractivity contribution in [3.8, 4) is 16.9 Å². The third kappa shape index (κ3) is 1.57. The summed E-state index contributed by atoms with van der Waals surface area (Å²) < 4.78 is 6.37. The molecule has 0 atom stereocenters. The summed E-state index contributed by atoms with van der Waals surface area (Å²) in [7, 11) is 0.953. The number of hydrogen-bond acceptors (Lipinski definition) is 3. The molecule has 0 amide bonds. The fourth-order valence-electron chi connectivity index (χ4n) is 0.984. The molecule has 2 aliphatic rings. The Morgan fingerprint density at radius 2 is 1.92 bits per heavy atom. The van der Waals surface area contributed by atoms with Gasteiger partial charge in [0.2, 0.25) is 0 Å². The van der Waals surface area contributed by atoms with Gasteiger partial charge in [-0.05, 0) is 34.7 Å². The third-order valence-electron chi connectivity index (χ3n) is 1.58. The van der Waals surface area contributed by atoms with Gasteiger partial charge in [-0.2, -0.15) is 0 Å². The van der Waals surface area contributed by atoms with Crippen molar-refractivity contribution in [2.24, 2.45) is 0 Å². The van der Waals surface area contributed by atoms with E-state index < -0.39 is 7.69 Å². The van der Waals surface area contributed by atoms with E-state index in [9.17, 15) is 0 Å². The summed E-state index contributed by atoms with van der Waals surface area (Å²) in [6, 6.07) is 4.20. The Labute approximate surface area is 84.8 Å². The van der Waals surface area contributed by atoms with E-state index in [1.54, 1.807) is 7.11 Å². The molecular weight excluding hydrogens is 270 g/mol. The van der Waals surface area contributed by atoms with Crippen LogP contribution < -0.4 is 4.74 Å². The summed E-state index contributed by atoms with van der Waals surface area (Å²) >= 11 is 2.32. The smallest absolute Gasteiger partial charge is 0.432 e. The van der Waals surface area contributed by atoms with E-state index in [0.29, 0.717) is 0 Å². The summed E-state index contributed by atoms with van der Waals surface area (Å²) in [5.74, 6) is 1.03. The first kappa shape index (κ1) is 9.82. The highest BCUT2D eigenvalue weighted by molar-refractivity contribution is 14.1. The van der Waals surface area contributed by atoms with Crippen molar-refractivity contribution in [3.63, 3.8) is 0 Å². The van der Waals surface area contributed by atoms with E-state index in [1.807, 2.05) is 0 Å². The molecule has 0 saturated heterocycles. The first-order valence-corrected chi connectivity index (χ1v) is 4.42. The number of rotatable bonds is 1. The van der Waals surface area contributed by atoms with Crippen LogP contribution in [0.3, 0.4) is 0 Å². The zero-order valence-electron chi connectivity index (χ0n) is 6.54. The lowest BCUT2D eigenvalue weighted by atomic mass is 9.92. The highest BCUT2D eigenvalue weighted by atomic mass is 127. The molecule has 5 heteroatoms. The van der Waals surface area contributed by atoms with E-state index in [2.05, 4.69) is 34.7 Å². The van der Waals surface area contributed by atoms with Gasteiger partial charge in [0.15, 0.2) is 0 Å². The topological polar surface area (TPSA) is 49.7 Å². The van der Waals surface area contributed by atoms with Crippen LogP contribution in [-0.4, -0.2) is 24.8 Å². The summed E-state index contributed by atoms with van der Waals surface area (Å²) in [5, 5.41) is 14.2. The molecule has 2 rings (SSSR count). The van der Waals surface area contributed by atoms with Crippen LogP contribution in [0.15, 0.2) is 12.1 Å². The molecular formula is C7H8BIO3. The lowest BCUT2D eigenvalue weighted by molar-refractivity contribution is 0.412. The van der Waals surface area contributed by atoms with Gasteiger partial charge in [-0.25, -0.2) is 0 Å². The lowest BCUT2D eigenvalue weighted by Crippen LogP contribution is -2.00. The molecule has 0 radical (unpaired) electrons. The maximum Gasteiger partial charge on any atom is 0.432 e. The van der Waals surface area contributed by atoms with Gasteiger partial charge in [0, 0.05) is 14.7 Å².